The average Bonchev–Trinajstić information content (AvgIpc) is 3.09. The number of carbonyl (C=O) groups excluding carboxylic acids is 1. The second-order valence-electron chi connectivity index (χ2n) is 5.60. The number of carbonyl (C=O) groups is 1. The fourth-order valence-electron chi connectivity index (χ4n) is 2.36. The molecule has 2 aromatic carbocycles. The minimum absolute atomic E-state index is 0.0216. The van der Waals surface area contributed by atoms with Crippen molar-refractivity contribution < 1.29 is 14.5 Å². The van der Waals surface area contributed by atoms with Crippen LogP contribution in [0.5, 0.6) is 0 Å². The van der Waals surface area contributed by atoms with Gasteiger partial charge in [-0.25, -0.2) is 4.79 Å². The largest absolute Gasteiger partial charge is 0.445 e. The first-order valence-corrected chi connectivity index (χ1v) is 8.19. The molecule has 3 rings (SSSR count). The lowest BCUT2D eigenvalue weighted by atomic mass is 10.2. The van der Waals surface area contributed by atoms with Crippen molar-refractivity contribution in [2.75, 3.05) is 6.54 Å². The summed E-state index contributed by atoms with van der Waals surface area (Å²) in [6.45, 7) is 0.558. The van der Waals surface area contributed by atoms with Crippen molar-refractivity contribution in [1.29, 1.82) is 0 Å². The number of alkyl carbamates (subject to hydrolysis) is 1. The summed E-state index contributed by atoms with van der Waals surface area (Å²) in [6, 6.07) is 13.8. The highest BCUT2D eigenvalue weighted by molar-refractivity contribution is 5.85. The van der Waals surface area contributed by atoms with Crippen molar-refractivity contribution in [3.8, 4) is 11.8 Å². The molecule has 0 unspecified atom stereocenters. The summed E-state index contributed by atoms with van der Waals surface area (Å²) in [5.74, 6) is 5.84. The number of nitrogens with zero attached hydrogens (tertiary/aromatic N) is 2. The molecule has 0 aliphatic carbocycles. The molecule has 8 nitrogen and oxygen atoms in total. The maximum absolute atomic E-state index is 11.6. The van der Waals surface area contributed by atoms with E-state index in [0.29, 0.717) is 29.6 Å². The number of aromatic amines is 1. The van der Waals surface area contributed by atoms with E-state index in [1.54, 1.807) is 6.07 Å². The summed E-state index contributed by atoms with van der Waals surface area (Å²) in [7, 11) is 0. The van der Waals surface area contributed by atoms with Crippen molar-refractivity contribution in [3.05, 3.63) is 69.9 Å². The Balaban J connectivity index is 1.47. The van der Waals surface area contributed by atoms with Gasteiger partial charge in [0.25, 0.3) is 5.69 Å². The molecule has 0 bridgehead atoms. The first-order chi connectivity index (χ1) is 13.1. The van der Waals surface area contributed by atoms with Crippen LogP contribution in [0, 0.1) is 22.0 Å². The molecule has 2 N–H and O–H groups in total. The molecular weight excluding hydrogens is 348 g/mol. The Bertz CT molecular complexity index is 1020. The fraction of sp³-hybridized carbons (Fsp3) is 0.158. The maximum Gasteiger partial charge on any atom is 0.407 e. The summed E-state index contributed by atoms with van der Waals surface area (Å²) in [4.78, 5) is 21.9. The Morgan fingerprint density at radius 1 is 1.26 bits per heavy atom. The van der Waals surface area contributed by atoms with Crippen LogP contribution in [0.2, 0.25) is 0 Å². The number of H-pyrrole nitrogens is 1. The van der Waals surface area contributed by atoms with E-state index >= 15 is 0 Å². The third-order valence-electron chi connectivity index (χ3n) is 3.70. The Morgan fingerprint density at radius 2 is 2.07 bits per heavy atom. The number of fused-ring (bicyclic) bond motifs is 1. The van der Waals surface area contributed by atoms with Crippen molar-refractivity contribution in [2.45, 2.75) is 13.0 Å². The number of nitro groups is 1. The second-order valence-corrected chi connectivity index (χ2v) is 5.60. The van der Waals surface area contributed by atoms with Gasteiger partial charge in [0.05, 0.1) is 4.92 Å². The van der Waals surface area contributed by atoms with Gasteiger partial charge in [-0.1, -0.05) is 36.3 Å². The average molecular weight is 364 g/mol. The maximum atomic E-state index is 11.6. The summed E-state index contributed by atoms with van der Waals surface area (Å²) in [6.07, 6.45) is -0.0755. The lowest BCUT2D eigenvalue weighted by Crippen LogP contribution is -2.24. The van der Waals surface area contributed by atoms with E-state index in [2.05, 4.69) is 27.4 Å². The molecule has 0 atom stereocenters. The number of nitrogens with one attached hydrogen (secondary N) is 2. The van der Waals surface area contributed by atoms with Gasteiger partial charge in [0.2, 0.25) is 0 Å². The fourth-order valence-corrected chi connectivity index (χ4v) is 2.36. The van der Waals surface area contributed by atoms with Gasteiger partial charge in [0.15, 0.2) is 0 Å². The predicted octanol–water partition coefficient (Wildman–Crippen LogP) is 3.14. The smallest absolute Gasteiger partial charge is 0.407 e. The lowest BCUT2D eigenvalue weighted by Gasteiger charge is -2.05. The van der Waals surface area contributed by atoms with Gasteiger partial charge in [-0.15, -0.1) is 0 Å². The van der Waals surface area contributed by atoms with Crippen LogP contribution >= 0.6 is 0 Å². The van der Waals surface area contributed by atoms with Crippen LogP contribution in [-0.4, -0.2) is 27.8 Å². The number of aromatic nitrogens is 2. The van der Waals surface area contributed by atoms with E-state index in [9.17, 15) is 14.9 Å². The minimum Gasteiger partial charge on any atom is -0.445 e. The van der Waals surface area contributed by atoms with Crippen LogP contribution < -0.4 is 5.32 Å². The van der Waals surface area contributed by atoms with Crippen LogP contribution in [-0.2, 0) is 11.3 Å². The normalized spacial score (nSPS) is 10.1. The Kier molecular flexibility index (Phi) is 5.64. The summed E-state index contributed by atoms with van der Waals surface area (Å²) in [5.41, 5.74) is 1.95. The van der Waals surface area contributed by atoms with Crippen LogP contribution in [0.25, 0.3) is 10.9 Å². The zero-order chi connectivity index (χ0) is 19.1. The number of ether oxygens (including phenoxy) is 1. The Morgan fingerprint density at radius 3 is 2.85 bits per heavy atom. The van der Waals surface area contributed by atoms with E-state index in [4.69, 9.17) is 4.74 Å². The summed E-state index contributed by atoms with van der Waals surface area (Å²) < 4.78 is 5.10. The standard InChI is InChI=1S/C19H16N4O4/c24-19(27-13-14-6-2-1-3-7-14)20-11-5-4-8-17-16-10-9-15(23(25)26)12-18(16)22-21-17/h1-3,6-7,9-10,12H,5,11,13H2,(H,20,24)(H,21,22). The van der Waals surface area contributed by atoms with Crippen molar-refractivity contribution in [2.24, 2.45) is 0 Å². The minimum atomic E-state index is -0.500. The molecule has 0 aliphatic heterocycles. The summed E-state index contributed by atoms with van der Waals surface area (Å²) in [5, 5.41) is 20.9. The molecule has 3 aromatic rings. The van der Waals surface area contributed by atoms with E-state index < -0.39 is 11.0 Å². The molecule has 0 saturated heterocycles. The number of non-ortho nitro benzene ring substituents is 1. The SMILES string of the molecule is O=C(NCCC#Cc1[nH]nc2cc([N+](=O)[O-])ccc12)OCc1ccccc1. The molecule has 0 aliphatic rings. The van der Waals surface area contributed by atoms with E-state index in [1.165, 1.54) is 12.1 Å². The second kappa shape index (κ2) is 8.49. The Labute approximate surface area is 154 Å². The zero-order valence-electron chi connectivity index (χ0n) is 14.3. The van der Waals surface area contributed by atoms with Gasteiger partial charge in [0.1, 0.15) is 17.8 Å². The van der Waals surface area contributed by atoms with E-state index in [0.717, 1.165) is 5.56 Å². The molecular formula is C19H16N4O4. The third-order valence-corrected chi connectivity index (χ3v) is 3.70. The van der Waals surface area contributed by atoms with Gasteiger partial charge in [-0.05, 0) is 17.6 Å². The number of amides is 1. The van der Waals surface area contributed by atoms with Crippen LogP contribution in [0.1, 0.15) is 17.7 Å². The van der Waals surface area contributed by atoms with Gasteiger partial charge >= 0.3 is 6.09 Å². The molecule has 1 heterocycles. The van der Waals surface area contributed by atoms with Crippen LogP contribution in [0.4, 0.5) is 10.5 Å². The highest BCUT2D eigenvalue weighted by atomic mass is 16.6. The third kappa shape index (κ3) is 4.83. The summed E-state index contributed by atoms with van der Waals surface area (Å²) >= 11 is 0. The van der Waals surface area contributed by atoms with Crippen LogP contribution in [0.3, 0.4) is 0 Å². The van der Waals surface area contributed by atoms with Crippen molar-refractivity contribution in [1.82, 2.24) is 15.5 Å². The lowest BCUT2D eigenvalue weighted by molar-refractivity contribution is -0.384. The topological polar surface area (TPSA) is 110 Å². The van der Waals surface area contributed by atoms with Crippen molar-refractivity contribution >= 4 is 22.7 Å². The molecule has 0 saturated carbocycles. The van der Waals surface area contributed by atoms with Gasteiger partial charge in [-0.3, -0.25) is 15.2 Å². The van der Waals surface area contributed by atoms with Crippen LogP contribution in [0.15, 0.2) is 48.5 Å². The number of hydrogen-bond donors (Lipinski definition) is 2. The molecule has 0 fully saturated rings. The van der Waals surface area contributed by atoms with E-state index in [-0.39, 0.29) is 12.3 Å². The first-order valence-electron chi connectivity index (χ1n) is 8.19. The highest BCUT2D eigenvalue weighted by Crippen LogP contribution is 2.21. The quantitative estimate of drug-likeness (QED) is 0.313. The molecule has 136 valence electrons. The van der Waals surface area contributed by atoms with Gasteiger partial charge in [-0.2, -0.15) is 5.10 Å². The number of nitro benzene ring substituents is 1. The first kappa shape index (κ1) is 17.9. The molecule has 27 heavy (non-hydrogen) atoms. The molecule has 1 amide bonds. The molecule has 8 heteroatoms. The van der Waals surface area contributed by atoms with Crippen molar-refractivity contribution in [3.63, 3.8) is 0 Å². The molecule has 0 spiro atoms. The number of benzene rings is 2. The number of hydrogen-bond acceptors (Lipinski definition) is 5. The highest BCUT2D eigenvalue weighted by Gasteiger charge is 2.10. The monoisotopic (exact) mass is 364 g/mol. The van der Waals surface area contributed by atoms with E-state index in [1.807, 2.05) is 30.3 Å². The predicted molar refractivity (Wildman–Crippen MR) is 98.9 cm³/mol. The van der Waals surface area contributed by atoms with Gasteiger partial charge < -0.3 is 10.1 Å². The zero-order valence-corrected chi connectivity index (χ0v) is 14.3. The molecule has 1 aromatic heterocycles. The number of rotatable bonds is 5. The molecule has 0 radical (unpaired) electrons. The van der Waals surface area contributed by atoms with Gasteiger partial charge in [0, 0.05) is 30.5 Å². The Hall–Kier alpha value is -3.86.